The smallest absolute Gasteiger partial charge is 0.179 e. The van der Waals surface area contributed by atoms with Gasteiger partial charge in [0.05, 0.1) is 33.5 Å². The maximum atomic E-state index is 5.07. The standard InChI is InChI=1S/C35H21N5/c1-3-12-28-22(7-1)16-19-31(37-28)35-39-30-13-4-2-11-27(30)32(40-35)26-9-5-8-25(21-26)29-18-17-24-15-14-23-10-6-20-36-33(23)34(24)38-29/h1-21H. The minimum Gasteiger partial charge on any atom is -0.254 e. The number of aromatic nitrogens is 5. The highest BCUT2D eigenvalue weighted by molar-refractivity contribution is 6.03. The number of rotatable bonds is 3. The van der Waals surface area contributed by atoms with Gasteiger partial charge in [0.15, 0.2) is 5.82 Å². The molecule has 0 aliphatic heterocycles. The fraction of sp³-hybridized carbons (Fsp3) is 0. The highest BCUT2D eigenvalue weighted by atomic mass is 14.9. The lowest BCUT2D eigenvalue weighted by Crippen LogP contribution is -1.97. The summed E-state index contributed by atoms with van der Waals surface area (Å²) in [7, 11) is 0. The molecule has 0 spiro atoms. The Morgan fingerprint density at radius 2 is 1.15 bits per heavy atom. The maximum absolute atomic E-state index is 5.07. The number of pyridine rings is 3. The van der Waals surface area contributed by atoms with E-state index in [1.165, 1.54) is 0 Å². The molecule has 4 heterocycles. The van der Waals surface area contributed by atoms with Crippen LogP contribution >= 0.6 is 0 Å². The van der Waals surface area contributed by atoms with Gasteiger partial charge < -0.3 is 0 Å². The molecular formula is C35H21N5. The molecule has 0 saturated carbocycles. The van der Waals surface area contributed by atoms with Crippen molar-refractivity contribution in [2.75, 3.05) is 0 Å². The molecule has 5 nitrogen and oxygen atoms in total. The van der Waals surface area contributed by atoms with E-state index < -0.39 is 0 Å². The molecule has 186 valence electrons. The molecule has 0 amide bonds. The van der Waals surface area contributed by atoms with Gasteiger partial charge in [-0.05, 0) is 36.4 Å². The number of nitrogens with zero attached hydrogens (tertiary/aromatic N) is 5. The predicted molar refractivity (Wildman–Crippen MR) is 162 cm³/mol. The fourth-order valence-corrected chi connectivity index (χ4v) is 5.31. The molecule has 0 atom stereocenters. The molecule has 0 unspecified atom stereocenters. The van der Waals surface area contributed by atoms with Crippen molar-refractivity contribution in [2.24, 2.45) is 0 Å². The van der Waals surface area contributed by atoms with Gasteiger partial charge in [-0.3, -0.25) is 4.98 Å². The Morgan fingerprint density at radius 3 is 2.10 bits per heavy atom. The Bertz CT molecular complexity index is 2240. The van der Waals surface area contributed by atoms with E-state index in [1.54, 1.807) is 0 Å². The summed E-state index contributed by atoms with van der Waals surface area (Å²) in [6, 6.07) is 41.1. The quantitative estimate of drug-likeness (QED) is 0.223. The average molecular weight is 512 g/mol. The van der Waals surface area contributed by atoms with Gasteiger partial charge in [0.25, 0.3) is 0 Å². The molecule has 0 aliphatic carbocycles. The largest absolute Gasteiger partial charge is 0.254 e. The number of fused-ring (bicyclic) bond motifs is 5. The third kappa shape index (κ3) is 3.76. The second-order valence-corrected chi connectivity index (χ2v) is 9.79. The van der Waals surface area contributed by atoms with E-state index in [-0.39, 0.29) is 0 Å². The minimum absolute atomic E-state index is 0.603. The zero-order valence-corrected chi connectivity index (χ0v) is 21.4. The van der Waals surface area contributed by atoms with Crippen LogP contribution in [0.15, 0.2) is 128 Å². The summed E-state index contributed by atoms with van der Waals surface area (Å²) in [6.45, 7) is 0. The van der Waals surface area contributed by atoms with E-state index in [0.29, 0.717) is 5.82 Å². The molecule has 0 saturated heterocycles. The van der Waals surface area contributed by atoms with Gasteiger partial charge in [-0.2, -0.15) is 0 Å². The number of hydrogen-bond acceptors (Lipinski definition) is 5. The molecule has 8 rings (SSSR count). The molecule has 4 aromatic carbocycles. The van der Waals surface area contributed by atoms with E-state index in [9.17, 15) is 0 Å². The average Bonchev–Trinajstić information content (AvgIpc) is 3.03. The van der Waals surface area contributed by atoms with Crippen LogP contribution in [0, 0.1) is 0 Å². The first-order valence-electron chi connectivity index (χ1n) is 13.2. The Kier molecular flexibility index (Phi) is 5.07. The van der Waals surface area contributed by atoms with Gasteiger partial charge in [0.2, 0.25) is 0 Å². The number of benzene rings is 4. The Labute approximate surface area is 229 Å². The third-order valence-electron chi connectivity index (χ3n) is 7.29. The molecule has 0 bridgehead atoms. The van der Waals surface area contributed by atoms with Crippen LogP contribution in [0.3, 0.4) is 0 Å². The van der Waals surface area contributed by atoms with Crippen molar-refractivity contribution in [2.45, 2.75) is 0 Å². The van der Waals surface area contributed by atoms with Crippen LogP contribution in [0.1, 0.15) is 0 Å². The lowest BCUT2D eigenvalue weighted by atomic mass is 10.0. The van der Waals surface area contributed by atoms with Crippen LogP contribution in [0.2, 0.25) is 0 Å². The molecule has 0 N–H and O–H groups in total. The zero-order chi connectivity index (χ0) is 26.5. The topological polar surface area (TPSA) is 64.5 Å². The fourth-order valence-electron chi connectivity index (χ4n) is 5.31. The first kappa shape index (κ1) is 22.4. The first-order chi connectivity index (χ1) is 19.8. The SMILES string of the molecule is c1cc(-c2ccc3ccc4cccnc4c3n2)cc(-c2nc(-c3ccc4ccccc4n3)nc3ccccc23)c1. The maximum Gasteiger partial charge on any atom is 0.179 e. The molecule has 0 radical (unpaired) electrons. The summed E-state index contributed by atoms with van der Waals surface area (Å²) in [5.74, 6) is 0.603. The Morgan fingerprint density at radius 1 is 0.425 bits per heavy atom. The van der Waals surface area contributed by atoms with Crippen molar-refractivity contribution in [3.8, 4) is 34.0 Å². The van der Waals surface area contributed by atoms with Gasteiger partial charge in [-0.15, -0.1) is 0 Å². The third-order valence-corrected chi connectivity index (χ3v) is 7.29. The van der Waals surface area contributed by atoms with Crippen LogP contribution in [0.25, 0.3) is 77.6 Å². The second kappa shape index (κ2) is 9.03. The molecule has 0 fully saturated rings. The summed E-state index contributed by atoms with van der Waals surface area (Å²) >= 11 is 0. The Balaban J connectivity index is 1.29. The van der Waals surface area contributed by atoms with E-state index in [0.717, 1.165) is 71.8 Å². The van der Waals surface area contributed by atoms with Gasteiger partial charge in [0, 0.05) is 38.9 Å². The van der Waals surface area contributed by atoms with Crippen LogP contribution in [-0.4, -0.2) is 24.9 Å². The van der Waals surface area contributed by atoms with Crippen LogP contribution in [-0.2, 0) is 0 Å². The van der Waals surface area contributed by atoms with E-state index >= 15 is 0 Å². The molecule has 5 heteroatoms. The van der Waals surface area contributed by atoms with Crippen molar-refractivity contribution >= 4 is 43.6 Å². The van der Waals surface area contributed by atoms with E-state index in [4.69, 9.17) is 19.9 Å². The normalized spacial score (nSPS) is 11.5. The lowest BCUT2D eigenvalue weighted by Gasteiger charge is -2.11. The van der Waals surface area contributed by atoms with Crippen LogP contribution in [0.5, 0.6) is 0 Å². The van der Waals surface area contributed by atoms with Crippen molar-refractivity contribution in [1.29, 1.82) is 0 Å². The van der Waals surface area contributed by atoms with Crippen molar-refractivity contribution in [3.05, 3.63) is 128 Å². The van der Waals surface area contributed by atoms with Crippen molar-refractivity contribution < 1.29 is 0 Å². The van der Waals surface area contributed by atoms with Crippen LogP contribution < -0.4 is 0 Å². The molecule has 8 aromatic rings. The van der Waals surface area contributed by atoms with Gasteiger partial charge in [-0.25, -0.2) is 19.9 Å². The van der Waals surface area contributed by atoms with E-state index in [1.807, 2.05) is 54.7 Å². The summed E-state index contributed by atoms with van der Waals surface area (Å²) < 4.78 is 0. The monoisotopic (exact) mass is 511 g/mol. The van der Waals surface area contributed by atoms with Gasteiger partial charge >= 0.3 is 0 Å². The summed E-state index contributed by atoms with van der Waals surface area (Å²) in [6.07, 6.45) is 1.82. The van der Waals surface area contributed by atoms with Crippen molar-refractivity contribution in [3.63, 3.8) is 0 Å². The van der Waals surface area contributed by atoms with E-state index in [2.05, 4.69) is 77.8 Å². The molecule has 0 aliphatic rings. The predicted octanol–water partition coefficient (Wildman–Crippen LogP) is 8.28. The lowest BCUT2D eigenvalue weighted by molar-refractivity contribution is 1.19. The summed E-state index contributed by atoms with van der Waals surface area (Å²) in [5, 5.41) is 4.23. The summed E-state index contributed by atoms with van der Waals surface area (Å²) in [4.78, 5) is 24.5. The summed E-state index contributed by atoms with van der Waals surface area (Å²) in [5.41, 5.74) is 8.13. The highest BCUT2D eigenvalue weighted by Crippen LogP contribution is 2.32. The van der Waals surface area contributed by atoms with Crippen LogP contribution in [0.4, 0.5) is 0 Å². The zero-order valence-electron chi connectivity index (χ0n) is 21.4. The molecular weight excluding hydrogens is 490 g/mol. The number of para-hydroxylation sites is 2. The Hall–Kier alpha value is -5.55. The highest BCUT2D eigenvalue weighted by Gasteiger charge is 2.14. The molecule has 4 aromatic heterocycles. The van der Waals surface area contributed by atoms with Gasteiger partial charge in [0.1, 0.15) is 5.69 Å². The van der Waals surface area contributed by atoms with Gasteiger partial charge in [-0.1, -0.05) is 84.9 Å². The second-order valence-electron chi connectivity index (χ2n) is 9.79. The molecule has 40 heavy (non-hydrogen) atoms. The number of hydrogen-bond donors (Lipinski definition) is 0. The minimum atomic E-state index is 0.603. The first-order valence-corrected chi connectivity index (χ1v) is 13.2. The van der Waals surface area contributed by atoms with Crippen molar-refractivity contribution in [1.82, 2.24) is 24.9 Å².